The van der Waals surface area contributed by atoms with Gasteiger partial charge in [0.05, 0.1) is 7.11 Å². The van der Waals surface area contributed by atoms with E-state index in [2.05, 4.69) is 107 Å². The molecule has 0 N–H and O–H groups in total. The normalized spacial score (nSPS) is 10.6. The minimum absolute atomic E-state index is 0.338. The highest BCUT2D eigenvalue weighted by Gasteiger charge is 2.15. The third-order valence-corrected chi connectivity index (χ3v) is 7.30. The number of carbonyl (C=O) groups excluding carboxylic acids is 1. The molecule has 44 heavy (non-hydrogen) atoms. The van der Waals surface area contributed by atoms with E-state index in [1.54, 1.807) is 7.11 Å². The van der Waals surface area contributed by atoms with Crippen molar-refractivity contribution in [3.8, 4) is 22.6 Å². The van der Waals surface area contributed by atoms with Crippen LogP contribution in [-0.4, -0.2) is 13.1 Å². The second-order valence-electron chi connectivity index (χ2n) is 10.2. The Balaban J connectivity index is 1.29. The number of hydrogen-bond acceptors (Lipinski definition) is 5. The van der Waals surface area contributed by atoms with Crippen LogP contribution in [0.15, 0.2) is 158 Å². The molecule has 0 aliphatic carbocycles. The van der Waals surface area contributed by atoms with Gasteiger partial charge < -0.3 is 19.3 Å². The van der Waals surface area contributed by atoms with Crippen molar-refractivity contribution in [2.45, 2.75) is 6.92 Å². The van der Waals surface area contributed by atoms with Gasteiger partial charge in [-0.2, -0.15) is 0 Å². The summed E-state index contributed by atoms with van der Waals surface area (Å²) < 4.78 is 10.6. The van der Waals surface area contributed by atoms with Crippen LogP contribution in [0, 0.1) is 0 Å². The van der Waals surface area contributed by atoms with Gasteiger partial charge >= 0.3 is 5.97 Å². The summed E-state index contributed by atoms with van der Waals surface area (Å²) in [5, 5.41) is 0. The molecule has 0 saturated heterocycles. The molecule has 5 nitrogen and oxygen atoms in total. The molecule has 0 amide bonds. The zero-order valence-electron chi connectivity index (χ0n) is 24.6. The van der Waals surface area contributed by atoms with Crippen molar-refractivity contribution < 1.29 is 14.3 Å². The molecule has 0 spiro atoms. The number of anilines is 6. The maximum absolute atomic E-state index is 11.4. The number of rotatable bonds is 9. The number of hydrogen-bond donors (Lipinski definition) is 0. The van der Waals surface area contributed by atoms with Crippen molar-refractivity contribution in [3.05, 3.63) is 158 Å². The van der Waals surface area contributed by atoms with Gasteiger partial charge in [-0.1, -0.05) is 60.7 Å². The Hall–Kier alpha value is -5.81. The van der Waals surface area contributed by atoms with E-state index in [1.165, 1.54) is 6.92 Å². The van der Waals surface area contributed by atoms with Gasteiger partial charge in [-0.05, 0) is 108 Å². The molecule has 0 bridgehead atoms. The lowest BCUT2D eigenvalue weighted by Gasteiger charge is -2.26. The Bertz CT molecular complexity index is 1800. The van der Waals surface area contributed by atoms with Crippen LogP contribution in [-0.2, 0) is 4.79 Å². The summed E-state index contributed by atoms with van der Waals surface area (Å²) in [5.74, 6) is 1.01. The van der Waals surface area contributed by atoms with E-state index >= 15 is 0 Å². The number of methoxy groups -OCH3 is 1. The van der Waals surface area contributed by atoms with Gasteiger partial charge in [0, 0.05) is 41.0 Å². The zero-order chi connectivity index (χ0) is 30.3. The molecular formula is C39H32N2O3. The summed E-state index contributed by atoms with van der Waals surface area (Å²) in [6, 6.07) is 53.4. The highest BCUT2D eigenvalue weighted by Crippen LogP contribution is 2.38. The second-order valence-corrected chi connectivity index (χ2v) is 10.2. The largest absolute Gasteiger partial charge is 0.497 e. The van der Waals surface area contributed by atoms with Crippen molar-refractivity contribution >= 4 is 40.1 Å². The van der Waals surface area contributed by atoms with Crippen LogP contribution in [0.4, 0.5) is 34.1 Å². The first-order valence-corrected chi connectivity index (χ1v) is 14.4. The van der Waals surface area contributed by atoms with Gasteiger partial charge in [-0.15, -0.1) is 0 Å². The summed E-state index contributed by atoms with van der Waals surface area (Å²) in [5.41, 5.74) is 8.45. The van der Waals surface area contributed by atoms with Gasteiger partial charge in [0.15, 0.2) is 0 Å². The van der Waals surface area contributed by atoms with E-state index in [0.29, 0.717) is 5.75 Å². The summed E-state index contributed by atoms with van der Waals surface area (Å²) in [7, 11) is 1.68. The van der Waals surface area contributed by atoms with Crippen LogP contribution in [0.3, 0.4) is 0 Å². The zero-order valence-corrected chi connectivity index (χ0v) is 24.6. The van der Waals surface area contributed by atoms with Crippen molar-refractivity contribution in [1.29, 1.82) is 0 Å². The summed E-state index contributed by atoms with van der Waals surface area (Å²) >= 11 is 0. The van der Waals surface area contributed by atoms with Gasteiger partial charge in [0.25, 0.3) is 0 Å². The lowest BCUT2D eigenvalue weighted by molar-refractivity contribution is -0.131. The van der Waals surface area contributed by atoms with Crippen LogP contribution < -0.4 is 19.3 Å². The van der Waals surface area contributed by atoms with Gasteiger partial charge in [-0.3, -0.25) is 4.79 Å². The van der Waals surface area contributed by atoms with Crippen molar-refractivity contribution in [2.24, 2.45) is 0 Å². The van der Waals surface area contributed by atoms with E-state index in [4.69, 9.17) is 9.47 Å². The lowest BCUT2D eigenvalue weighted by atomic mass is 10.0. The van der Waals surface area contributed by atoms with Gasteiger partial charge in [-0.25, -0.2) is 0 Å². The number of para-hydroxylation sites is 2. The van der Waals surface area contributed by atoms with Gasteiger partial charge in [0.2, 0.25) is 0 Å². The maximum Gasteiger partial charge on any atom is 0.308 e. The number of esters is 1. The van der Waals surface area contributed by atoms with Crippen molar-refractivity contribution in [3.63, 3.8) is 0 Å². The third kappa shape index (κ3) is 6.32. The van der Waals surface area contributed by atoms with E-state index in [1.807, 2.05) is 60.7 Å². The Morgan fingerprint density at radius 1 is 0.432 bits per heavy atom. The molecule has 0 heterocycles. The van der Waals surface area contributed by atoms with Crippen LogP contribution in [0.2, 0.25) is 0 Å². The first-order chi connectivity index (χ1) is 21.6. The SMILES string of the molecule is COc1ccc(N(c2ccccc2)c2ccc(-c3ccc(N(c4ccccc4)c4ccc(OC(C)=O)cc4)cc3)cc2)cc1. The molecule has 0 aromatic heterocycles. The number of benzene rings is 6. The highest BCUT2D eigenvalue weighted by atomic mass is 16.5. The summed E-state index contributed by atoms with van der Waals surface area (Å²) in [6.07, 6.45) is 0. The molecule has 6 rings (SSSR count). The minimum Gasteiger partial charge on any atom is -0.497 e. The fourth-order valence-electron chi connectivity index (χ4n) is 5.21. The fourth-order valence-corrected chi connectivity index (χ4v) is 5.21. The smallest absolute Gasteiger partial charge is 0.308 e. The topological polar surface area (TPSA) is 42.0 Å². The molecule has 0 aliphatic heterocycles. The molecule has 0 fully saturated rings. The Labute approximate surface area is 258 Å². The monoisotopic (exact) mass is 576 g/mol. The molecule has 0 unspecified atom stereocenters. The number of carbonyl (C=O) groups is 1. The Morgan fingerprint density at radius 2 is 0.750 bits per heavy atom. The highest BCUT2D eigenvalue weighted by molar-refractivity contribution is 5.81. The number of nitrogens with zero attached hydrogens (tertiary/aromatic N) is 2. The second kappa shape index (κ2) is 13.0. The van der Waals surface area contributed by atoms with Crippen LogP contribution in [0.5, 0.6) is 11.5 Å². The molecule has 216 valence electrons. The quantitative estimate of drug-likeness (QED) is 0.127. The summed E-state index contributed by atoms with van der Waals surface area (Å²) in [6.45, 7) is 1.40. The standard InChI is InChI=1S/C39H32N2O3/c1-29(42)44-39-27-23-37(24-28-39)41(33-11-7-4-8-12-33)35-19-15-31(16-20-35)30-13-17-34(18-14-30)40(32-9-5-3-6-10-32)36-21-25-38(43-2)26-22-36/h3-28H,1-2H3. The third-order valence-electron chi connectivity index (χ3n) is 7.30. The molecule has 6 aromatic rings. The average Bonchev–Trinajstić information content (AvgIpc) is 3.08. The van der Waals surface area contributed by atoms with E-state index in [9.17, 15) is 4.79 Å². The Kier molecular flexibility index (Phi) is 8.37. The number of ether oxygens (including phenoxy) is 2. The van der Waals surface area contributed by atoms with Crippen LogP contribution in [0.1, 0.15) is 6.92 Å². The minimum atomic E-state index is -0.338. The predicted octanol–water partition coefficient (Wildman–Crippen LogP) is 10.2. The molecule has 5 heteroatoms. The van der Waals surface area contributed by atoms with Crippen molar-refractivity contribution in [2.75, 3.05) is 16.9 Å². The molecule has 0 radical (unpaired) electrons. The molecule has 0 saturated carbocycles. The lowest BCUT2D eigenvalue weighted by Crippen LogP contribution is -2.10. The molecule has 6 aromatic carbocycles. The Morgan fingerprint density at radius 3 is 1.09 bits per heavy atom. The van der Waals surface area contributed by atoms with E-state index in [0.717, 1.165) is 51.0 Å². The predicted molar refractivity (Wildman–Crippen MR) is 179 cm³/mol. The average molecular weight is 577 g/mol. The van der Waals surface area contributed by atoms with Gasteiger partial charge in [0.1, 0.15) is 11.5 Å². The van der Waals surface area contributed by atoms with E-state index in [-0.39, 0.29) is 5.97 Å². The fraction of sp³-hybridized carbons (Fsp3) is 0.0513. The van der Waals surface area contributed by atoms with E-state index < -0.39 is 0 Å². The first-order valence-electron chi connectivity index (χ1n) is 14.4. The van der Waals surface area contributed by atoms with Crippen LogP contribution in [0.25, 0.3) is 11.1 Å². The molecule has 0 atom stereocenters. The molecule has 0 aliphatic rings. The van der Waals surface area contributed by atoms with Crippen molar-refractivity contribution in [1.82, 2.24) is 0 Å². The maximum atomic E-state index is 11.4. The summed E-state index contributed by atoms with van der Waals surface area (Å²) in [4.78, 5) is 15.8. The molecular weight excluding hydrogens is 544 g/mol. The first kappa shape index (κ1) is 28.3. The van der Waals surface area contributed by atoms with Crippen LogP contribution >= 0.6 is 0 Å².